The van der Waals surface area contributed by atoms with E-state index in [-0.39, 0.29) is 6.10 Å². The second-order valence-electron chi connectivity index (χ2n) is 6.47. The highest BCUT2D eigenvalue weighted by atomic mass is 16.5. The van der Waals surface area contributed by atoms with E-state index in [9.17, 15) is 0 Å². The molecule has 1 aliphatic rings. The van der Waals surface area contributed by atoms with Crippen molar-refractivity contribution in [1.82, 2.24) is 10.3 Å². The van der Waals surface area contributed by atoms with E-state index in [4.69, 9.17) is 4.74 Å². The molecule has 3 aromatic rings. The molecule has 1 N–H and O–H groups in total. The quantitative estimate of drug-likeness (QED) is 0.760. The Morgan fingerprint density at radius 3 is 2.72 bits per heavy atom. The number of para-hydroxylation sites is 1. The highest BCUT2D eigenvalue weighted by Crippen LogP contribution is 2.26. The molecule has 3 heteroatoms. The fourth-order valence-electron chi connectivity index (χ4n) is 3.27. The van der Waals surface area contributed by atoms with Crippen LogP contribution in [0.25, 0.3) is 11.1 Å². The van der Waals surface area contributed by atoms with E-state index in [2.05, 4.69) is 58.8 Å². The van der Waals surface area contributed by atoms with Crippen LogP contribution in [0.3, 0.4) is 0 Å². The van der Waals surface area contributed by atoms with E-state index >= 15 is 0 Å². The topological polar surface area (TPSA) is 34.2 Å². The van der Waals surface area contributed by atoms with Crippen LogP contribution >= 0.6 is 0 Å². The highest BCUT2D eigenvalue weighted by Gasteiger charge is 2.18. The van der Waals surface area contributed by atoms with Crippen LogP contribution in [0.2, 0.25) is 0 Å². The number of nitrogens with zero attached hydrogens (tertiary/aromatic N) is 1. The molecule has 0 saturated heterocycles. The number of nitrogens with one attached hydrogen (secondary N) is 1. The molecule has 1 atom stereocenters. The van der Waals surface area contributed by atoms with Gasteiger partial charge in [0.15, 0.2) is 0 Å². The molecule has 2 aromatic carbocycles. The number of fused-ring (bicyclic) bond motifs is 1. The molecule has 0 bridgehead atoms. The highest BCUT2D eigenvalue weighted by molar-refractivity contribution is 5.62. The molecular weight excluding hydrogens is 308 g/mol. The average Bonchev–Trinajstić information content (AvgIpc) is 2.69. The summed E-state index contributed by atoms with van der Waals surface area (Å²) < 4.78 is 6.08. The summed E-state index contributed by atoms with van der Waals surface area (Å²) in [5, 5.41) is 3.52. The molecule has 0 aliphatic carbocycles. The van der Waals surface area contributed by atoms with E-state index < -0.39 is 0 Å². The first kappa shape index (κ1) is 15.9. The van der Waals surface area contributed by atoms with E-state index in [1.165, 1.54) is 16.7 Å². The summed E-state index contributed by atoms with van der Waals surface area (Å²) >= 11 is 0. The standard InChI is InChI=1S/C22H22N2O/c1-2-6-18(7-3-1)20-12-17(13-23-15-20)14-24-16-21-11-10-19-8-4-5-9-22(19)25-21/h1-9,12-13,15,21,24H,10-11,14,16H2/t21-/m0/s1. The van der Waals surface area contributed by atoms with E-state index in [1.54, 1.807) is 0 Å². The fraction of sp³-hybridized carbons (Fsp3) is 0.227. The Morgan fingerprint density at radius 2 is 1.80 bits per heavy atom. The lowest BCUT2D eigenvalue weighted by Gasteiger charge is -2.26. The molecule has 2 heterocycles. The molecule has 126 valence electrons. The van der Waals surface area contributed by atoms with Crippen molar-refractivity contribution < 1.29 is 4.74 Å². The van der Waals surface area contributed by atoms with Crippen molar-refractivity contribution >= 4 is 0 Å². The third-order valence-corrected chi connectivity index (χ3v) is 4.61. The Morgan fingerprint density at radius 1 is 0.960 bits per heavy atom. The van der Waals surface area contributed by atoms with Gasteiger partial charge in [-0.15, -0.1) is 0 Å². The predicted octanol–water partition coefficient (Wildman–Crippen LogP) is 4.23. The first-order chi connectivity index (χ1) is 12.4. The Labute approximate surface area is 148 Å². The number of pyridine rings is 1. The Bertz CT molecular complexity index is 832. The predicted molar refractivity (Wildman–Crippen MR) is 101 cm³/mol. The van der Waals surface area contributed by atoms with Gasteiger partial charge >= 0.3 is 0 Å². The van der Waals surface area contributed by atoms with Crippen molar-refractivity contribution in [3.8, 4) is 16.9 Å². The molecule has 4 rings (SSSR count). The Hall–Kier alpha value is -2.65. The van der Waals surface area contributed by atoms with Gasteiger partial charge < -0.3 is 10.1 Å². The third-order valence-electron chi connectivity index (χ3n) is 4.61. The van der Waals surface area contributed by atoms with Crippen molar-refractivity contribution in [2.75, 3.05) is 6.54 Å². The summed E-state index contributed by atoms with van der Waals surface area (Å²) in [7, 11) is 0. The zero-order valence-corrected chi connectivity index (χ0v) is 14.2. The molecule has 0 fully saturated rings. The van der Waals surface area contributed by atoms with Crippen LogP contribution < -0.4 is 10.1 Å². The number of aryl methyl sites for hydroxylation is 1. The monoisotopic (exact) mass is 330 g/mol. The van der Waals surface area contributed by atoms with Crippen LogP contribution in [-0.2, 0) is 13.0 Å². The SMILES string of the molecule is c1ccc(-c2cncc(CNC[C@@H]3CCc4ccccc4O3)c2)cc1. The number of hydrogen-bond donors (Lipinski definition) is 1. The largest absolute Gasteiger partial charge is 0.489 e. The van der Waals surface area contributed by atoms with Gasteiger partial charge in [-0.2, -0.15) is 0 Å². The maximum absolute atomic E-state index is 6.08. The lowest BCUT2D eigenvalue weighted by Crippen LogP contribution is -2.33. The van der Waals surface area contributed by atoms with Gasteiger partial charge in [0.25, 0.3) is 0 Å². The normalized spacial score (nSPS) is 16.1. The second-order valence-corrected chi connectivity index (χ2v) is 6.47. The summed E-state index contributed by atoms with van der Waals surface area (Å²) in [6.45, 7) is 1.65. The fourth-order valence-corrected chi connectivity index (χ4v) is 3.27. The van der Waals surface area contributed by atoms with Gasteiger partial charge in [-0.1, -0.05) is 48.5 Å². The summed E-state index contributed by atoms with van der Waals surface area (Å²) in [6, 6.07) is 20.9. The lowest BCUT2D eigenvalue weighted by atomic mass is 10.0. The van der Waals surface area contributed by atoms with Crippen molar-refractivity contribution in [1.29, 1.82) is 0 Å². The van der Waals surface area contributed by atoms with Gasteiger partial charge in [0.2, 0.25) is 0 Å². The van der Waals surface area contributed by atoms with E-state index in [0.717, 1.165) is 37.2 Å². The molecule has 25 heavy (non-hydrogen) atoms. The van der Waals surface area contributed by atoms with Crippen LogP contribution in [0.1, 0.15) is 17.5 Å². The van der Waals surface area contributed by atoms with Gasteiger partial charge in [-0.25, -0.2) is 0 Å². The molecule has 0 amide bonds. The third kappa shape index (κ3) is 3.89. The summed E-state index contributed by atoms with van der Waals surface area (Å²) in [4.78, 5) is 4.38. The maximum Gasteiger partial charge on any atom is 0.122 e. The number of ether oxygens (including phenoxy) is 1. The number of benzene rings is 2. The molecule has 0 unspecified atom stereocenters. The zero-order chi connectivity index (χ0) is 16.9. The second kappa shape index (κ2) is 7.49. The molecule has 1 aliphatic heterocycles. The van der Waals surface area contributed by atoms with Crippen LogP contribution in [0.4, 0.5) is 0 Å². The van der Waals surface area contributed by atoms with Gasteiger partial charge in [0.05, 0.1) is 0 Å². The summed E-state index contributed by atoms with van der Waals surface area (Å²) in [5.41, 5.74) is 4.86. The Balaban J connectivity index is 1.34. The molecule has 3 nitrogen and oxygen atoms in total. The van der Waals surface area contributed by atoms with Gasteiger partial charge in [0, 0.05) is 31.0 Å². The first-order valence-electron chi connectivity index (χ1n) is 8.83. The van der Waals surface area contributed by atoms with Crippen molar-refractivity contribution in [3.63, 3.8) is 0 Å². The van der Waals surface area contributed by atoms with Crippen molar-refractivity contribution in [3.05, 3.63) is 84.2 Å². The van der Waals surface area contributed by atoms with Crippen LogP contribution in [0, 0.1) is 0 Å². The molecule has 1 aromatic heterocycles. The van der Waals surface area contributed by atoms with Crippen molar-refractivity contribution in [2.24, 2.45) is 0 Å². The number of aromatic nitrogens is 1. The van der Waals surface area contributed by atoms with E-state index in [1.807, 2.05) is 24.5 Å². The molecule has 0 saturated carbocycles. The first-order valence-corrected chi connectivity index (χ1v) is 8.83. The van der Waals surface area contributed by atoms with Crippen molar-refractivity contribution in [2.45, 2.75) is 25.5 Å². The number of rotatable bonds is 5. The zero-order valence-electron chi connectivity index (χ0n) is 14.2. The Kier molecular flexibility index (Phi) is 4.75. The van der Waals surface area contributed by atoms with Crippen LogP contribution in [0.15, 0.2) is 73.1 Å². The summed E-state index contributed by atoms with van der Waals surface area (Å²) in [5.74, 6) is 1.04. The lowest BCUT2D eigenvalue weighted by molar-refractivity contribution is 0.170. The molecular formula is C22H22N2O. The minimum Gasteiger partial charge on any atom is -0.489 e. The summed E-state index contributed by atoms with van der Waals surface area (Å²) in [6.07, 6.45) is 6.23. The maximum atomic E-state index is 6.08. The molecule has 0 radical (unpaired) electrons. The van der Waals surface area contributed by atoms with Gasteiger partial charge in [0.1, 0.15) is 11.9 Å². The van der Waals surface area contributed by atoms with Gasteiger partial charge in [-0.05, 0) is 41.7 Å². The van der Waals surface area contributed by atoms with E-state index in [0.29, 0.717) is 0 Å². The van der Waals surface area contributed by atoms with Crippen LogP contribution in [-0.4, -0.2) is 17.6 Å². The van der Waals surface area contributed by atoms with Crippen LogP contribution in [0.5, 0.6) is 5.75 Å². The average molecular weight is 330 g/mol. The number of hydrogen-bond acceptors (Lipinski definition) is 3. The van der Waals surface area contributed by atoms with Gasteiger partial charge in [-0.3, -0.25) is 4.98 Å². The molecule has 0 spiro atoms. The minimum atomic E-state index is 0.236. The smallest absolute Gasteiger partial charge is 0.122 e. The minimum absolute atomic E-state index is 0.236.